The molecule has 0 unspecified atom stereocenters. The molecule has 2 amide bonds. The molecule has 242 valence electrons. The van der Waals surface area contributed by atoms with E-state index in [1.165, 1.54) is 26.4 Å². The SMILES string of the molecule is COc1cc2c(c(OC)c1OC)-c1ccc(N[C@@H](CCSC)C(=O)Nc3n[nH]c(-c4ccco4)n3)c(=O)cc1[C@@H](NC(C)=O)CC2. The minimum absolute atomic E-state index is 0.0752. The van der Waals surface area contributed by atoms with Gasteiger partial charge in [0, 0.05) is 12.5 Å². The van der Waals surface area contributed by atoms with Crippen LogP contribution in [0.2, 0.25) is 0 Å². The number of anilines is 2. The lowest BCUT2D eigenvalue weighted by Crippen LogP contribution is -2.36. The van der Waals surface area contributed by atoms with E-state index in [1.807, 2.05) is 12.3 Å². The molecule has 0 fully saturated rings. The first-order chi connectivity index (χ1) is 22.3. The standard InChI is InChI=1S/C32H36N6O7S/c1-17(39)33-21-10-8-18-15-26(42-2)28(43-3)29(44-4)27(18)19-9-11-22(24(40)16-20(19)21)34-23(12-14-46-5)31(41)36-32-35-30(37-38-32)25-7-6-13-45-25/h6-7,9,11,13,15-16,21,23H,8,10,12,14H2,1-5H3,(H,33,39)(H,34,40)(H2,35,36,37,38,41)/t21-,23-/m0/s1. The second-order valence-corrected chi connectivity index (χ2v) is 11.5. The van der Waals surface area contributed by atoms with Crippen LogP contribution in [-0.2, 0) is 16.0 Å². The summed E-state index contributed by atoms with van der Waals surface area (Å²) in [6.07, 6.45) is 4.98. The van der Waals surface area contributed by atoms with Crippen LogP contribution in [0.5, 0.6) is 17.2 Å². The minimum Gasteiger partial charge on any atom is -0.493 e. The van der Waals surface area contributed by atoms with Gasteiger partial charge in [0.25, 0.3) is 0 Å². The third kappa shape index (κ3) is 6.81. The number of ether oxygens (including phenoxy) is 3. The number of nitrogens with one attached hydrogen (secondary N) is 4. The second kappa shape index (κ2) is 14.4. The van der Waals surface area contributed by atoms with E-state index in [4.69, 9.17) is 18.6 Å². The summed E-state index contributed by atoms with van der Waals surface area (Å²) in [4.78, 5) is 43.9. The molecule has 2 aromatic heterocycles. The van der Waals surface area contributed by atoms with Crippen molar-refractivity contribution in [3.05, 3.63) is 64.0 Å². The number of aryl methyl sites for hydroxylation is 1. The van der Waals surface area contributed by atoms with Crippen molar-refractivity contribution in [3.63, 3.8) is 0 Å². The van der Waals surface area contributed by atoms with Crippen molar-refractivity contribution in [2.45, 2.75) is 38.3 Å². The van der Waals surface area contributed by atoms with Gasteiger partial charge in [-0.15, -0.1) is 5.10 Å². The van der Waals surface area contributed by atoms with Gasteiger partial charge in [0.1, 0.15) is 6.04 Å². The van der Waals surface area contributed by atoms with Crippen LogP contribution in [0.25, 0.3) is 22.7 Å². The quantitative estimate of drug-likeness (QED) is 0.172. The molecule has 5 rings (SSSR count). The Bertz CT molecular complexity index is 1780. The highest BCUT2D eigenvalue weighted by Crippen LogP contribution is 2.50. The third-order valence-electron chi connectivity index (χ3n) is 7.65. The van der Waals surface area contributed by atoms with E-state index >= 15 is 0 Å². The summed E-state index contributed by atoms with van der Waals surface area (Å²) < 4.78 is 22.5. The molecular weight excluding hydrogens is 612 g/mol. The largest absolute Gasteiger partial charge is 0.493 e. The number of aromatic amines is 1. The zero-order valence-electron chi connectivity index (χ0n) is 26.2. The number of thioether (sulfide) groups is 1. The molecule has 2 heterocycles. The van der Waals surface area contributed by atoms with Crippen LogP contribution >= 0.6 is 11.8 Å². The molecule has 0 radical (unpaired) electrons. The summed E-state index contributed by atoms with van der Waals surface area (Å²) in [6.45, 7) is 1.44. The molecule has 46 heavy (non-hydrogen) atoms. The summed E-state index contributed by atoms with van der Waals surface area (Å²) in [6, 6.07) is 9.06. The molecule has 0 saturated heterocycles. The number of H-pyrrole nitrogens is 1. The fraction of sp³-hybridized carbons (Fsp3) is 0.344. The van der Waals surface area contributed by atoms with Crippen molar-refractivity contribution in [1.29, 1.82) is 0 Å². The van der Waals surface area contributed by atoms with Crippen molar-refractivity contribution < 1.29 is 28.2 Å². The van der Waals surface area contributed by atoms with Gasteiger partial charge in [-0.05, 0) is 78.3 Å². The van der Waals surface area contributed by atoms with Gasteiger partial charge < -0.3 is 29.3 Å². The molecular formula is C32H36N6O7S. The van der Waals surface area contributed by atoms with Gasteiger partial charge in [0.05, 0.1) is 39.3 Å². The van der Waals surface area contributed by atoms with E-state index in [2.05, 4.69) is 31.1 Å². The molecule has 4 aromatic rings. The lowest BCUT2D eigenvalue weighted by atomic mass is 9.95. The highest BCUT2D eigenvalue weighted by molar-refractivity contribution is 7.98. The molecule has 14 heteroatoms. The van der Waals surface area contributed by atoms with Crippen LogP contribution in [-0.4, -0.2) is 66.4 Å². The Hall–Kier alpha value is -4.98. The van der Waals surface area contributed by atoms with Crippen LogP contribution < -0.4 is 35.6 Å². The fourth-order valence-corrected chi connectivity index (χ4v) is 6.03. The number of fused-ring (bicyclic) bond motifs is 3. The Morgan fingerprint density at radius 1 is 1.13 bits per heavy atom. The maximum absolute atomic E-state index is 13.8. The molecule has 0 saturated carbocycles. The normalized spacial score (nSPS) is 14.2. The number of methoxy groups -OCH3 is 3. The molecule has 1 aliphatic carbocycles. The van der Waals surface area contributed by atoms with Crippen molar-refractivity contribution in [3.8, 4) is 40.0 Å². The predicted octanol–water partition coefficient (Wildman–Crippen LogP) is 4.41. The summed E-state index contributed by atoms with van der Waals surface area (Å²) in [7, 11) is 4.63. The Labute approximate surface area is 269 Å². The van der Waals surface area contributed by atoms with E-state index in [0.717, 1.165) is 11.1 Å². The number of hydrogen-bond acceptors (Lipinski definition) is 11. The molecule has 0 spiro atoms. The summed E-state index contributed by atoms with van der Waals surface area (Å²) in [5.74, 6) is 2.31. The summed E-state index contributed by atoms with van der Waals surface area (Å²) >= 11 is 1.58. The Morgan fingerprint density at radius 3 is 2.61 bits per heavy atom. The van der Waals surface area contributed by atoms with Gasteiger partial charge in [-0.25, -0.2) is 0 Å². The number of amides is 2. The highest BCUT2D eigenvalue weighted by Gasteiger charge is 2.30. The number of carbonyl (C=O) groups excluding carboxylic acids is 2. The Kier molecular flexibility index (Phi) is 10.2. The highest BCUT2D eigenvalue weighted by atomic mass is 32.2. The number of rotatable bonds is 12. The molecule has 0 bridgehead atoms. The monoisotopic (exact) mass is 648 g/mol. The molecule has 2 aromatic carbocycles. The lowest BCUT2D eigenvalue weighted by Gasteiger charge is -2.19. The van der Waals surface area contributed by atoms with Crippen LogP contribution in [0.1, 0.15) is 36.9 Å². The zero-order chi connectivity index (χ0) is 32.8. The fourth-order valence-electron chi connectivity index (χ4n) is 5.56. The number of aromatic nitrogens is 3. The number of carbonyl (C=O) groups is 2. The van der Waals surface area contributed by atoms with Crippen molar-refractivity contribution in [2.24, 2.45) is 0 Å². The number of hydrogen-bond donors (Lipinski definition) is 4. The first-order valence-corrected chi connectivity index (χ1v) is 16.0. The number of benzene rings is 1. The molecule has 0 aliphatic heterocycles. The molecule has 13 nitrogen and oxygen atoms in total. The zero-order valence-corrected chi connectivity index (χ0v) is 27.0. The van der Waals surface area contributed by atoms with E-state index in [1.54, 1.807) is 50.2 Å². The van der Waals surface area contributed by atoms with Gasteiger partial charge in [0.15, 0.2) is 23.1 Å². The van der Waals surface area contributed by atoms with E-state index in [-0.39, 0.29) is 23.0 Å². The van der Waals surface area contributed by atoms with Crippen LogP contribution in [0.4, 0.5) is 11.6 Å². The number of nitrogens with zero attached hydrogens (tertiary/aromatic N) is 2. The van der Waals surface area contributed by atoms with Gasteiger partial charge in [-0.1, -0.05) is 6.07 Å². The van der Waals surface area contributed by atoms with Gasteiger partial charge in [-0.2, -0.15) is 16.7 Å². The summed E-state index contributed by atoms with van der Waals surface area (Å²) in [5.41, 5.74) is 2.81. The maximum atomic E-state index is 13.8. The molecule has 2 atom stereocenters. The summed E-state index contributed by atoms with van der Waals surface area (Å²) in [5, 5.41) is 15.7. The average Bonchev–Trinajstić information content (AvgIpc) is 3.69. The van der Waals surface area contributed by atoms with Gasteiger partial charge in [0.2, 0.25) is 28.9 Å². The topological polar surface area (TPSA) is 170 Å². The smallest absolute Gasteiger partial charge is 0.249 e. The van der Waals surface area contributed by atoms with E-state index in [9.17, 15) is 14.4 Å². The molecule has 4 N–H and O–H groups in total. The predicted molar refractivity (Wildman–Crippen MR) is 176 cm³/mol. The van der Waals surface area contributed by atoms with Crippen LogP contribution in [0, 0.1) is 0 Å². The maximum Gasteiger partial charge on any atom is 0.249 e. The van der Waals surface area contributed by atoms with E-state index in [0.29, 0.717) is 65.0 Å². The lowest BCUT2D eigenvalue weighted by molar-refractivity contribution is -0.120. The minimum atomic E-state index is -0.787. The first kappa shape index (κ1) is 32.4. The van der Waals surface area contributed by atoms with Crippen LogP contribution in [0.15, 0.2) is 51.9 Å². The first-order valence-electron chi connectivity index (χ1n) is 14.6. The van der Waals surface area contributed by atoms with Crippen molar-refractivity contribution in [1.82, 2.24) is 20.5 Å². The Morgan fingerprint density at radius 2 is 1.93 bits per heavy atom. The Balaban J connectivity index is 1.55. The average molecular weight is 649 g/mol. The van der Waals surface area contributed by atoms with Crippen LogP contribution in [0.3, 0.4) is 0 Å². The third-order valence-corrected chi connectivity index (χ3v) is 8.29. The van der Waals surface area contributed by atoms with Gasteiger partial charge >= 0.3 is 0 Å². The van der Waals surface area contributed by atoms with Crippen molar-refractivity contribution in [2.75, 3.05) is 44.0 Å². The van der Waals surface area contributed by atoms with Crippen molar-refractivity contribution >= 4 is 35.2 Å². The number of furan rings is 1. The van der Waals surface area contributed by atoms with E-state index < -0.39 is 18.0 Å². The molecule has 1 aliphatic rings. The second-order valence-electron chi connectivity index (χ2n) is 10.5. The van der Waals surface area contributed by atoms with Gasteiger partial charge in [-0.3, -0.25) is 24.8 Å².